The second kappa shape index (κ2) is 3.17. The fourth-order valence-corrected chi connectivity index (χ4v) is 1.01. The van der Waals surface area contributed by atoms with Gasteiger partial charge < -0.3 is 19.7 Å². The zero-order valence-corrected chi connectivity index (χ0v) is 6.06. The summed E-state index contributed by atoms with van der Waals surface area (Å²) in [5, 5.41) is 17.5. The summed E-state index contributed by atoms with van der Waals surface area (Å²) in [5.41, 5.74) is 0. The third-order valence-corrected chi connectivity index (χ3v) is 1.59. The van der Waals surface area contributed by atoms with E-state index in [9.17, 15) is 4.79 Å². The van der Waals surface area contributed by atoms with Crippen molar-refractivity contribution in [3.63, 3.8) is 0 Å². The van der Waals surface area contributed by atoms with Crippen LogP contribution in [0.4, 0.5) is 0 Å². The van der Waals surface area contributed by atoms with Gasteiger partial charge in [-0.25, -0.2) is 4.79 Å². The average molecular weight is 162 g/mol. The van der Waals surface area contributed by atoms with Crippen LogP contribution in [-0.2, 0) is 14.3 Å². The Kier molecular flexibility index (Phi) is 2.43. The van der Waals surface area contributed by atoms with Gasteiger partial charge in [0.2, 0.25) is 0 Å². The maximum atomic E-state index is 10.3. The van der Waals surface area contributed by atoms with Crippen molar-refractivity contribution in [1.29, 1.82) is 0 Å². The molecule has 5 nitrogen and oxygen atoms in total. The molecule has 1 aliphatic heterocycles. The summed E-state index contributed by atoms with van der Waals surface area (Å²) in [6.07, 6.45) is -2.48. The summed E-state index contributed by atoms with van der Waals surface area (Å²) in [4.78, 5) is 10.3. The van der Waals surface area contributed by atoms with Crippen LogP contribution in [0.5, 0.6) is 0 Å². The summed E-state index contributed by atoms with van der Waals surface area (Å²) in [6, 6.07) is 0. The molecule has 0 radical (unpaired) electrons. The Morgan fingerprint density at radius 2 is 2.36 bits per heavy atom. The lowest BCUT2D eigenvalue weighted by atomic mass is 10.2. The molecule has 2 N–H and O–H groups in total. The van der Waals surface area contributed by atoms with Gasteiger partial charge >= 0.3 is 5.97 Å². The van der Waals surface area contributed by atoms with E-state index >= 15 is 0 Å². The smallest absolute Gasteiger partial charge is 0.335 e. The van der Waals surface area contributed by atoms with Crippen LogP contribution in [-0.4, -0.2) is 41.8 Å². The van der Waals surface area contributed by atoms with Crippen LogP contribution in [0.3, 0.4) is 0 Å². The number of carboxylic acid groups (broad SMARTS) is 1. The molecule has 64 valence electrons. The van der Waals surface area contributed by atoms with Gasteiger partial charge in [0.1, 0.15) is 0 Å². The molecule has 1 fully saturated rings. The van der Waals surface area contributed by atoms with Gasteiger partial charge in [0.15, 0.2) is 12.4 Å². The van der Waals surface area contributed by atoms with Crippen molar-refractivity contribution in [3.05, 3.63) is 0 Å². The number of hydrogen-bond acceptors (Lipinski definition) is 4. The molecule has 1 saturated heterocycles. The first kappa shape index (κ1) is 8.45. The van der Waals surface area contributed by atoms with E-state index in [-0.39, 0.29) is 6.42 Å². The average Bonchev–Trinajstić information content (AvgIpc) is 2.30. The fourth-order valence-electron chi connectivity index (χ4n) is 1.01. The van der Waals surface area contributed by atoms with Crippen molar-refractivity contribution in [2.75, 3.05) is 7.11 Å². The molecule has 0 spiro atoms. The number of ether oxygens (including phenoxy) is 2. The lowest BCUT2D eigenvalue weighted by Crippen LogP contribution is -2.30. The number of carboxylic acids is 1. The Balaban J connectivity index is 2.51. The van der Waals surface area contributed by atoms with Crippen molar-refractivity contribution in [2.45, 2.75) is 24.9 Å². The first-order valence-electron chi connectivity index (χ1n) is 3.24. The van der Waals surface area contributed by atoms with Crippen molar-refractivity contribution in [1.82, 2.24) is 0 Å². The zero-order chi connectivity index (χ0) is 8.43. The van der Waals surface area contributed by atoms with E-state index in [1.165, 1.54) is 7.11 Å². The third kappa shape index (κ3) is 1.68. The molecule has 0 aromatic rings. The Hall–Kier alpha value is -0.650. The highest BCUT2D eigenvalue weighted by Crippen LogP contribution is 2.20. The SMILES string of the molecule is COC1C[C@H](O)[C@@H](C(=O)O)O1. The molecule has 3 atom stereocenters. The maximum absolute atomic E-state index is 10.3. The monoisotopic (exact) mass is 162 g/mol. The second-order valence-electron chi connectivity index (χ2n) is 2.36. The summed E-state index contributed by atoms with van der Waals surface area (Å²) in [6.45, 7) is 0. The molecule has 0 bridgehead atoms. The van der Waals surface area contributed by atoms with Gasteiger partial charge in [-0.05, 0) is 0 Å². The fraction of sp³-hybridized carbons (Fsp3) is 0.833. The van der Waals surface area contributed by atoms with Gasteiger partial charge in [-0.3, -0.25) is 0 Å². The molecule has 1 heterocycles. The summed E-state index contributed by atoms with van der Waals surface area (Å²) >= 11 is 0. The van der Waals surface area contributed by atoms with Crippen molar-refractivity contribution in [2.24, 2.45) is 0 Å². The van der Waals surface area contributed by atoms with Gasteiger partial charge in [-0.2, -0.15) is 0 Å². The molecular weight excluding hydrogens is 152 g/mol. The van der Waals surface area contributed by atoms with E-state index in [1.807, 2.05) is 0 Å². The molecule has 0 saturated carbocycles. The van der Waals surface area contributed by atoms with Crippen LogP contribution in [0.1, 0.15) is 6.42 Å². The van der Waals surface area contributed by atoms with Crippen molar-refractivity contribution in [3.8, 4) is 0 Å². The summed E-state index contributed by atoms with van der Waals surface area (Å²) < 4.78 is 9.53. The highest BCUT2D eigenvalue weighted by Gasteiger charge is 2.38. The molecule has 1 rings (SSSR count). The molecule has 5 heteroatoms. The van der Waals surface area contributed by atoms with Crippen molar-refractivity contribution < 1.29 is 24.5 Å². The number of hydrogen-bond donors (Lipinski definition) is 2. The minimum atomic E-state index is -1.16. The van der Waals surface area contributed by atoms with E-state index < -0.39 is 24.5 Å². The van der Waals surface area contributed by atoms with E-state index in [2.05, 4.69) is 0 Å². The van der Waals surface area contributed by atoms with Crippen LogP contribution in [0, 0.1) is 0 Å². The number of aliphatic hydroxyl groups excluding tert-OH is 1. The van der Waals surface area contributed by atoms with Gasteiger partial charge in [-0.1, -0.05) is 0 Å². The predicted octanol–water partition coefficient (Wildman–Crippen LogP) is -0.807. The van der Waals surface area contributed by atoms with Crippen LogP contribution in [0.15, 0.2) is 0 Å². The number of rotatable bonds is 2. The maximum Gasteiger partial charge on any atom is 0.335 e. The molecule has 0 amide bonds. The Bertz CT molecular complexity index is 157. The van der Waals surface area contributed by atoms with Gasteiger partial charge in [0.05, 0.1) is 6.10 Å². The van der Waals surface area contributed by atoms with Gasteiger partial charge in [0, 0.05) is 13.5 Å². The van der Waals surface area contributed by atoms with E-state index in [0.29, 0.717) is 0 Å². The molecule has 0 aromatic heterocycles. The largest absolute Gasteiger partial charge is 0.479 e. The molecular formula is C6H10O5. The Morgan fingerprint density at radius 1 is 1.73 bits per heavy atom. The van der Waals surface area contributed by atoms with Gasteiger partial charge in [0.25, 0.3) is 0 Å². The first-order chi connectivity index (χ1) is 5.15. The molecule has 0 aromatic carbocycles. The molecule has 11 heavy (non-hydrogen) atoms. The van der Waals surface area contributed by atoms with E-state index in [0.717, 1.165) is 0 Å². The third-order valence-electron chi connectivity index (χ3n) is 1.59. The van der Waals surface area contributed by atoms with Gasteiger partial charge in [-0.15, -0.1) is 0 Å². The highest BCUT2D eigenvalue weighted by atomic mass is 16.7. The lowest BCUT2D eigenvalue weighted by molar-refractivity contribution is -0.166. The highest BCUT2D eigenvalue weighted by molar-refractivity contribution is 5.73. The Morgan fingerprint density at radius 3 is 2.64 bits per heavy atom. The van der Waals surface area contributed by atoms with Crippen LogP contribution in [0.2, 0.25) is 0 Å². The zero-order valence-electron chi connectivity index (χ0n) is 6.06. The van der Waals surface area contributed by atoms with Crippen LogP contribution in [0.25, 0.3) is 0 Å². The standard InChI is InChI=1S/C6H10O5/c1-10-4-2-3(7)5(11-4)6(8)9/h3-5,7H,2H2,1H3,(H,8,9)/t3-,4?,5-/m0/s1. The number of aliphatic carboxylic acids is 1. The van der Waals surface area contributed by atoms with Crippen molar-refractivity contribution >= 4 is 5.97 Å². The molecule has 1 unspecified atom stereocenters. The first-order valence-corrected chi connectivity index (χ1v) is 3.24. The summed E-state index contributed by atoms with van der Waals surface area (Å²) in [5.74, 6) is -1.16. The number of aliphatic hydroxyl groups is 1. The second-order valence-corrected chi connectivity index (χ2v) is 2.36. The van der Waals surface area contributed by atoms with E-state index in [1.54, 1.807) is 0 Å². The van der Waals surface area contributed by atoms with Crippen LogP contribution >= 0.6 is 0 Å². The minimum Gasteiger partial charge on any atom is -0.479 e. The quantitative estimate of drug-likeness (QED) is 0.555. The molecule has 0 aliphatic carbocycles. The summed E-state index contributed by atoms with van der Waals surface area (Å²) in [7, 11) is 1.40. The van der Waals surface area contributed by atoms with Crippen LogP contribution < -0.4 is 0 Å². The molecule has 1 aliphatic rings. The Labute approximate surface area is 63.5 Å². The minimum absolute atomic E-state index is 0.216. The number of carbonyl (C=O) groups is 1. The number of methoxy groups -OCH3 is 1. The lowest BCUT2D eigenvalue weighted by Gasteiger charge is -2.07. The predicted molar refractivity (Wildman–Crippen MR) is 33.9 cm³/mol. The normalized spacial score (nSPS) is 37.5. The van der Waals surface area contributed by atoms with E-state index in [4.69, 9.17) is 19.7 Å². The topological polar surface area (TPSA) is 76.0 Å².